The van der Waals surface area contributed by atoms with Crippen LogP contribution in [0, 0.1) is 0 Å². The molecular weight excluding hydrogens is 620 g/mol. The van der Waals surface area contributed by atoms with Crippen molar-refractivity contribution in [3.63, 3.8) is 0 Å². The molecule has 2 amide bonds. The quantitative estimate of drug-likeness (QED) is 0.114. The average Bonchev–Trinajstić information content (AvgIpc) is 3.65. The molecule has 4 aromatic rings. The summed E-state index contributed by atoms with van der Waals surface area (Å²) in [6.07, 6.45) is 1.32. The number of rotatable bonds is 13. The molecule has 0 aliphatic heterocycles. The minimum atomic E-state index is -1.28. The van der Waals surface area contributed by atoms with Gasteiger partial charge in [-0.1, -0.05) is 81.4 Å². The number of hydrogen-bond donors (Lipinski definition) is 4. The number of anilines is 1. The number of aromatic carboxylic acids is 1. The smallest absolute Gasteiger partial charge is 0.337 e. The van der Waals surface area contributed by atoms with Gasteiger partial charge in [-0.25, -0.2) is 9.31 Å². The summed E-state index contributed by atoms with van der Waals surface area (Å²) >= 11 is 0. The lowest BCUT2D eigenvalue weighted by atomic mass is 9.76. The Morgan fingerprint density at radius 1 is 0.918 bits per heavy atom. The van der Waals surface area contributed by atoms with E-state index in [4.69, 9.17) is 4.74 Å². The number of nitrogens with zero attached hydrogens (tertiary/aromatic N) is 3. The minimum Gasteiger partial charge on any atom is -0.480 e. The van der Waals surface area contributed by atoms with Gasteiger partial charge in [-0.3, -0.25) is 14.7 Å². The third-order valence-electron chi connectivity index (χ3n) is 9.72. The Kier molecular flexibility index (Phi) is 10.7. The Morgan fingerprint density at radius 3 is 2.18 bits per heavy atom. The second-order valence-electron chi connectivity index (χ2n) is 15.1. The first-order chi connectivity index (χ1) is 22.8. The maximum atomic E-state index is 13.6. The van der Waals surface area contributed by atoms with E-state index in [1.807, 2.05) is 19.1 Å². The molecule has 0 saturated heterocycles. The molecule has 11 nitrogen and oxygen atoms in total. The summed E-state index contributed by atoms with van der Waals surface area (Å²) in [5.74, 6) is -1.13. The summed E-state index contributed by atoms with van der Waals surface area (Å²) in [4.78, 5) is 39.2. The molecule has 0 bridgehead atoms. The summed E-state index contributed by atoms with van der Waals surface area (Å²) in [6.45, 7) is 22.9. The predicted molar refractivity (Wildman–Crippen MR) is 192 cm³/mol. The number of hydrogen-bond acceptors (Lipinski definition) is 6. The van der Waals surface area contributed by atoms with Gasteiger partial charge in [0.2, 0.25) is 0 Å². The van der Waals surface area contributed by atoms with E-state index in [0.717, 1.165) is 24.1 Å². The fourth-order valence-corrected chi connectivity index (χ4v) is 5.45. The lowest BCUT2D eigenvalue weighted by Gasteiger charge is -2.31. The van der Waals surface area contributed by atoms with Gasteiger partial charge >= 0.3 is 5.97 Å². The Morgan fingerprint density at radius 2 is 1.59 bits per heavy atom. The van der Waals surface area contributed by atoms with Crippen molar-refractivity contribution in [2.45, 2.75) is 124 Å². The van der Waals surface area contributed by atoms with Crippen LogP contribution >= 0.6 is 0 Å². The van der Waals surface area contributed by atoms with Crippen LogP contribution in [0.3, 0.4) is 0 Å². The number of H-pyrrole nitrogens is 1. The summed E-state index contributed by atoms with van der Waals surface area (Å²) < 4.78 is 8.10. The molecule has 4 N–H and O–H groups in total. The van der Waals surface area contributed by atoms with Crippen molar-refractivity contribution in [2.75, 3.05) is 5.32 Å². The first kappa shape index (κ1) is 37.2. The second kappa shape index (κ2) is 14.1. The number of amides is 2. The van der Waals surface area contributed by atoms with Gasteiger partial charge in [0.25, 0.3) is 11.8 Å². The lowest BCUT2D eigenvalue weighted by Crippen LogP contribution is -2.34. The largest absolute Gasteiger partial charge is 0.480 e. The SMILES string of the molecule is CCC(Oc1ccc(C(C)(C)CC)cc1C(C)(C)CC)C(=O)Nc1ccc(C(=O)NC(C)c2nnc3cc(C(C)(C)C)[nH]n23)cc1C(=O)O. The summed E-state index contributed by atoms with van der Waals surface area (Å²) in [5, 5.41) is 27.4. The van der Waals surface area contributed by atoms with Gasteiger partial charge in [0.15, 0.2) is 17.6 Å². The first-order valence-corrected chi connectivity index (χ1v) is 17.1. The molecule has 2 heterocycles. The van der Waals surface area contributed by atoms with Crippen molar-refractivity contribution < 1.29 is 24.2 Å². The first-order valence-electron chi connectivity index (χ1n) is 17.1. The molecule has 0 radical (unpaired) electrons. The summed E-state index contributed by atoms with van der Waals surface area (Å²) in [6, 6.07) is 11.7. The van der Waals surface area contributed by atoms with Crippen molar-refractivity contribution in [3.05, 3.63) is 76.2 Å². The van der Waals surface area contributed by atoms with Crippen molar-refractivity contribution in [3.8, 4) is 5.75 Å². The topological polar surface area (TPSA) is 151 Å². The van der Waals surface area contributed by atoms with Crippen LogP contribution in [-0.2, 0) is 21.0 Å². The third-order valence-corrected chi connectivity index (χ3v) is 9.72. The Bertz CT molecular complexity index is 1840. The van der Waals surface area contributed by atoms with Crippen molar-refractivity contribution >= 4 is 29.1 Å². The maximum absolute atomic E-state index is 13.6. The van der Waals surface area contributed by atoms with Crippen LogP contribution in [0.1, 0.15) is 145 Å². The van der Waals surface area contributed by atoms with Crippen molar-refractivity contribution in [2.24, 2.45) is 0 Å². The number of nitrogens with one attached hydrogen (secondary N) is 3. The number of aromatic nitrogens is 4. The number of benzene rings is 2. The molecule has 0 aliphatic rings. The average molecular weight is 673 g/mol. The number of carbonyl (C=O) groups is 3. The third kappa shape index (κ3) is 7.98. The van der Waals surface area contributed by atoms with Crippen LogP contribution < -0.4 is 15.4 Å². The molecule has 0 spiro atoms. The molecule has 0 saturated carbocycles. The lowest BCUT2D eigenvalue weighted by molar-refractivity contribution is -0.122. The molecule has 0 fully saturated rings. The minimum absolute atomic E-state index is 0.0195. The van der Waals surface area contributed by atoms with Crippen molar-refractivity contribution in [1.29, 1.82) is 0 Å². The van der Waals surface area contributed by atoms with E-state index in [0.29, 0.717) is 23.6 Å². The Labute approximate surface area is 289 Å². The van der Waals surface area contributed by atoms with Gasteiger partial charge < -0.3 is 20.5 Å². The predicted octanol–water partition coefficient (Wildman–Crippen LogP) is 7.72. The van der Waals surface area contributed by atoms with E-state index in [9.17, 15) is 19.5 Å². The molecule has 2 atom stereocenters. The zero-order valence-electron chi connectivity index (χ0n) is 30.7. The van der Waals surface area contributed by atoms with Crippen LogP contribution in [0.5, 0.6) is 5.75 Å². The highest BCUT2D eigenvalue weighted by Gasteiger charge is 2.30. The van der Waals surface area contributed by atoms with E-state index >= 15 is 0 Å². The molecule has 264 valence electrons. The molecule has 2 aromatic heterocycles. The highest BCUT2D eigenvalue weighted by Crippen LogP contribution is 2.39. The maximum Gasteiger partial charge on any atom is 0.337 e. The number of carbonyl (C=O) groups excluding carboxylic acids is 2. The highest BCUT2D eigenvalue weighted by atomic mass is 16.5. The van der Waals surface area contributed by atoms with E-state index in [2.05, 4.69) is 100 Å². The number of carboxylic acid groups (broad SMARTS) is 1. The number of ether oxygens (including phenoxy) is 1. The fourth-order valence-electron chi connectivity index (χ4n) is 5.45. The van der Waals surface area contributed by atoms with Crippen molar-refractivity contribution in [1.82, 2.24) is 25.1 Å². The van der Waals surface area contributed by atoms with Crippen LogP contribution in [-0.4, -0.2) is 48.8 Å². The Hall–Kier alpha value is -4.67. The normalized spacial score (nSPS) is 13.6. The molecule has 2 unspecified atom stereocenters. The summed E-state index contributed by atoms with van der Waals surface area (Å²) in [5.41, 5.74) is 3.44. The Balaban J connectivity index is 1.54. The molecular formula is C38H52N6O5. The van der Waals surface area contributed by atoms with Gasteiger partial charge in [0.05, 0.1) is 17.3 Å². The second-order valence-corrected chi connectivity index (χ2v) is 15.1. The standard InChI is InChI=1S/C38H52N6O5/c1-12-28(49-29-18-16-24(37(8,9)13-2)20-26(29)38(10,11)14-3)34(46)40-27-17-15-23(19-25(27)35(47)48)33(45)39-22(4)32-42-41-31-21-30(36(5,6)7)43-44(31)32/h15-22,28,43H,12-14H2,1-11H3,(H,39,45)(H,40,46)(H,47,48). The van der Waals surface area contributed by atoms with Gasteiger partial charge in [-0.2, -0.15) is 0 Å². The van der Waals surface area contributed by atoms with E-state index in [1.165, 1.54) is 23.8 Å². The van der Waals surface area contributed by atoms with E-state index < -0.39 is 29.9 Å². The molecule has 2 aromatic carbocycles. The number of fused-ring (bicyclic) bond motifs is 1. The van der Waals surface area contributed by atoms with Gasteiger partial charge in [-0.15, -0.1) is 10.2 Å². The van der Waals surface area contributed by atoms with Crippen LogP contribution in [0.25, 0.3) is 5.65 Å². The van der Waals surface area contributed by atoms with Crippen LogP contribution in [0.4, 0.5) is 5.69 Å². The zero-order valence-corrected chi connectivity index (χ0v) is 30.7. The monoisotopic (exact) mass is 672 g/mol. The van der Waals surface area contributed by atoms with E-state index in [1.54, 1.807) is 11.4 Å². The zero-order chi connectivity index (χ0) is 36.5. The fraction of sp³-hybridized carbons (Fsp3) is 0.500. The molecule has 11 heteroatoms. The van der Waals surface area contributed by atoms with Gasteiger partial charge in [0.1, 0.15) is 5.75 Å². The molecule has 0 aliphatic carbocycles. The van der Waals surface area contributed by atoms with Gasteiger partial charge in [0, 0.05) is 28.3 Å². The van der Waals surface area contributed by atoms with Gasteiger partial charge in [-0.05, 0) is 66.8 Å². The highest BCUT2D eigenvalue weighted by molar-refractivity contribution is 6.04. The van der Waals surface area contributed by atoms with E-state index in [-0.39, 0.29) is 33.1 Å². The number of aromatic amines is 1. The summed E-state index contributed by atoms with van der Waals surface area (Å²) in [7, 11) is 0. The van der Waals surface area contributed by atoms with Crippen LogP contribution in [0.15, 0.2) is 42.5 Å². The number of carboxylic acids is 1. The molecule has 49 heavy (non-hydrogen) atoms. The molecule has 4 rings (SSSR count). The van der Waals surface area contributed by atoms with Crippen LogP contribution in [0.2, 0.25) is 0 Å².